The fraction of sp³-hybridized carbons (Fsp3) is 0.174. The molecule has 1 fully saturated rings. The number of carbonyl (C=O) groups is 3. The molecule has 1 aliphatic rings. The second-order valence-corrected chi connectivity index (χ2v) is 8.23. The average Bonchev–Trinajstić information content (AvgIpc) is 3.50. The van der Waals surface area contributed by atoms with E-state index in [1.165, 1.54) is 13.2 Å². The minimum Gasteiger partial charge on any atom is -0.463 e. The summed E-state index contributed by atoms with van der Waals surface area (Å²) in [6.07, 6.45) is 3.60. The molecule has 3 heterocycles. The number of hydrogen-bond donors (Lipinski definition) is 0. The number of rotatable bonds is 6. The molecule has 2 aromatic heterocycles. The van der Waals surface area contributed by atoms with Crippen LogP contribution in [0.15, 0.2) is 64.1 Å². The molecule has 0 atom stereocenters. The number of furan rings is 1. The van der Waals surface area contributed by atoms with Crippen LogP contribution in [-0.2, 0) is 16.1 Å². The number of amides is 2. The van der Waals surface area contributed by atoms with Crippen LogP contribution in [0.4, 0.5) is 10.5 Å². The molecule has 4 rings (SSSR count). The zero-order valence-corrected chi connectivity index (χ0v) is 18.6. The Morgan fingerprint density at radius 1 is 1.12 bits per heavy atom. The van der Waals surface area contributed by atoms with E-state index in [1.807, 2.05) is 66.2 Å². The van der Waals surface area contributed by atoms with Gasteiger partial charge in [0.2, 0.25) is 5.76 Å². The summed E-state index contributed by atoms with van der Waals surface area (Å²) in [5.74, 6) is -0.696. The molecule has 0 aliphatic carbocycles. The topological polar surface area (TPSA) is 85.0 Å². The van der Waals surface area contributed by atoms with Gasteiger partial charge < -0.3 is 18.6 Å². The monoisotopic (exact) mass is 451 g/mol. The lowest BCUT2D eigenvalue weighted by atomic mass is 10.2. The number of benzene rings is 1. The van der Waals surface area contributed by atoms with E-state index in [1.54, 1.807) is 12.1 Å². The lowest BCUT2D eigenvalue weighted by molar-refractivity contribution is -0.123. The van der Waals surface area contributed by atoms with Gasteiger partial charge in [-0.05, 0) is 66.4 Å². The summed E-state index contributed by atoms with van der Waals surface area (Å²) in [6, 6.07) is 14.8. The molecule has 3 aromatic rings. The highest BCUT2D eigenvalue weighted by Gasteiger charge is 2.36. The first kappa shape index (κ1) is 21.5. The van der Waals surface area contributed by atoms with Crippen molar-refractivity contribution in [1.82, 2.24) is 9.47 Å². The third kappa shape index (κ3) is 4.19. The molecule has 1 aromatic carbocycles. The summed E-state index contributed by atoms with van der Waals surface area (Å²) < 4.78 is 11.9. The Morgan fingerprint density at radius 2 is 1.88 bits per heavy atom. The van der Waals surface area contributed by atoms with Crippen LogP contribution >= 0.6 is 11.8 Å². The number of anilines is 1. The number of imide groups is 1. The van der Waals surface area contributed by atoms with Gasteiger partial charge in [0, 0.05) is 37.4 Å². The maximum Gasteiger partial charge on any atom is 0.373 e. The second kappa shape index (κ2) is 8.80. The van der Waals surface area contributed by atoms with Crippen molar-refractivity contribution >= 4 is 40.6 Å². The Labute approximate surface area is 189 Å². The number of hydrogen-bond acceptors (Lipinski definition) is 7. The van der Waals surface area contributed by atoms with Crippen molar-refractivity contribution in [3.63, 3.8) is 0 Å². The number of thioether (sulfide) groups is 1. The van der Waals surface area contributed by atoms with Crippen LogP contribution in [0.3, 0.4) is 0 Å². The molecule has 0 bridgehead atoms. The van der Waals surface area contributed by atoms with Crippen molar-refractivity contribution in [2.24, 2.45) is 0 Å². The van der Waals surface area contributed by atoms with Gasteiger partial charge >= 0.3 is 5.97 Å². The van der Waals surface area contributed by atoms with E-state index in [4.69, 9.17) is 4.42 Å². The first-order valence-corrected chi connectivity index (χ1v) is 10.6. The molecule has 9 heteroatoms. The predicted molar refractivity (Wildman–Crippen MR) is 122 cm³/mol. The number of methoxy groups -OCH3 is 1. The summed E-state index contributed by atoms with van der Waals surface area (Å²) >= 11 is 0.872. The Hall–Kier alpha value is -3.72. The van der Waals surface area contributed by atoms with Crippen LogP contribution in [0.1, 0.15) is 22.0 Å². The van der Waals surface area contributed by atoms with E-state index in [-0.39, 0.29) is 12.3 Å². The largest absolute Gasteiger partial charge is 0.463 e. The van der Waals surface area contributed by atoms with Gasteiger partial charge in [-0.1, -0.05) is 0 Å². The van der Waals surface area contributed by atoms with Gasteiger partial charge in [0.05, 0.1) is 18.6 Å². The third-order valence-electron chi connectivity index (χ3n) is 4.94. The molecule has 0 unspecified atom stereocenters. The van der Waals surface area contributed by atoms with Crippen molar-refractivity contribution in [2.75, 3.05) is 26.1 Å². The van der Waals surface area contributed by atoms with Gasteiger partial charge in [-0.3, -0.25) is 14.5 Å². The predicted octanol–water partition coefficient (Wildman–Crippen LogP) is 4.16. The van der Waals surface area contributed by atoms with E-state index in [0.717, 1.165) is 33.7 Å². The van der Waals surface area contributed by atoms with Crippen molar-refractivity contribution in [3.8, 4) is 5.69 Å². The minimum absolute atomic E-state index is 0.0168. The van der Waals surface area contributed by atoms with E-state index in [2.05, 4.69) is 4.74 Å². The van der Waals surface area contributed by atoms with E-state index in [9.17, 15) is 14.4 Å². The van der Waals surface area contributed by atoms with Crippen LogP contribution in [-0.4, -0.2) is 47.8 Å². The fourth-order valence-electron chi connectivity index (χ4n) is 3.26. The fourth-order valence-corrected chi connectivity index (χ4v) is 4.08. The average molecular weight is 452 g/mol. The van der Waals surface area contributed by atoms with Crippen molar-refractivity contribution < 1.29 is 23.5 Å². The smallest absolute Gasteiger partial charge is 0.373 e. The van der Waals surface area contributed by atoms with Crippen LogP contribution in [0.5, 0.6) is 0 Å². The number of esters is 1. The van der Waals surface area contributed by atoms with Crippen molar-refractivity contribution in [3.05, 3.63) is 76.8 Å². The maximum absolute atomic E-state index is 12.9. The van der Waals surface area contributed by atoms with Gasteiger partial charge in [0.15, 0.2) is 0 Å². The molecular formula is C23H21N3O5S. The van der Waals surface area contributed by atoms with Crippen LogP contribution in [0.2, 0.25) is 0 Å². The summed E-state index contributed by atoms with van der Waals surface area (Å²) in [5, 5.41) is -0.397. The Balaban J connectivity index is 1.54. The molecule has 164 valence electrons. The Morgan fingerprint density at radius 3 is 2.56 bits per heavy atom. The molecule has 8 nitrogen and oxygen atoms in total. The molecule has 2 amide bonds. The van der Waals surface area contributed by atoms with Crippen LogP contribution < -0.4 is 4.90 Å². The van der Waals surface area contributed by atoms with E-state index >= 15 is 0 Å². The van der Waals surface area contributed by atoms with Gasteiger partial charge in [0.25, 0.3) is 11.1 Å². The van der Waals surface area contributed by atoms with Crippen molar-refractivity contribution in [2.45, 2.75) is 6.54 Å². The molecule has 0 N–H and O–H groups in total. The molecule has 1 saturated heterocycles. The summed E-state index contributed by atoms with van der Waals surface area (Å²) in [6.45, 7) is -0.0635. The van der Waals surface area contributed by atoms with E-state index in [0.29, 0.717) is 10.7 Å². The quantitative estimate of drug-likeness (QED) is 0.411. The third-order valence-corrected chi connectivity index (χ3v) is 5.85. The summed E-state index contributed by atoms with van der Waals surface area (Å²) in [7, 11) is 5.20. The van der Waals surface area contributed by atoms with Crippen molar-refractivity contribution in [1.29, 1.82) is 0 Å². The first-order chi connectivity index (χ1) is 15.4. The minimum atomic E-state index is -0.621. The standard InChI is InChI=1S/C23H21N3O5S/c1-24(2)15-6-8-16(9-7-15)25-12-4-5-17(25)13-20-21(27)26(23(29)32-20)14-18-10-11-19(31-18)22(28)30-3/h4-13H,14H2,1-3H3. The van der Waals surface area contributed by atoms with Gasteiger partial charge in [-0.25, -0.2) is 4.79 Å². The van der Waals surface area contributed by atoms with E-state index < -0.39 is 17.1 Å². The first-order valence-electron chi connectivity index (χ1n) is 9.75. The lowest BCUT2D eigenvalue weighted by Crippen LogP contribution is -2.27. The number of nitrogens with zero attached hydrogens (tertiary/aromatic N) is 3. The molecule has 0 radical (unpaired) electrons. The van der Waals surface area contributed by atoms with Crippen LogP contribution in [0, 0.1) is 0 Å². The zero-order valence-electron chi connectivity index (χ0n) is 17.8. The summed E-state index contributed by atoms with van der Waals surface area (Å²) in [5.41, 5.74) is 2.80. The van der Waals surface area contributed by atoms with Gasteiger partial charge in [-0.2, -0.15) is 0 Å². The number of aromatic nitrogens is 1. The summed E-state index contributed by atoms with van der Waals surface area (Å²) in [4.78, 5) is 40.3. The number of ether oxygens (including phenoxy) is 1. The second-order valence-electron chi connectivity index (χ2n) is 7.24. The maximum atomic E-state index is 12.9. The molecule has 0 saturated carbocycles. The highest BCUT2D eigenvalue weighted by Crippen LogP contribution is 2.34. The normalized spacial score (nSPS) is 15.0. The highest BCUT2D eigenvalue weighted by molar-refractivity contribution is 8.18. The SMILES string of the molecule is COC(=O)c1ccc(CN2C(=O)SC(=Cc3cccn3-c3ccc(N(C)C)cc3)C2=O)o1. The number of carbonyl (C=O) groups excluding carboxylic acids is 3. The zero-order chi connectivity index (χ0) is 22.8. The Bertz CT molecular complexity index is 1210. The molecule has 1 aliphatic heterocycles. The van der Waals surface area contributed by atoms with Gasteiger partial charge in [-0.15, -0.1) is 0 Å². The molecule has 0 spiro atoms. The van der Waals surface area contributed by atoms with Gasteiger partial charge in [0.1, 0.15) is 5.76 Å². The van der Waals surface area contributed by atoms with Crippen LogP contribution in [0.25, 0.3) is 11.8 Å². The highest BCUT2D eigenvalue weighted by atomic mass is 32.2. The molecular weight excluding hydrogens is 430 g/mol. The lowest BCUT2D eigenvalue weighted by Gasteiger charge is -2.14. The Kier molecular flexibility index (Phi) is 5.91. The molecule has 32 heavy (non-hydrogen) atoms.